The lowest BCUT2D eigenvalue weighted by molar-refractivity contribution is -0.121. The van der Waals surface area contributed by atoms with Gasteiger partial charge in [0.05, 0.1) is 12.2 Å². The Morgan fingerprint density at radius 1 is 1.20 bits per heavy atom. The van der Waals surface area contributed by atoms with Crippen molar-refractivity contribution in [1.29, 1.82) is 0 Å². The molecule has 20 heavy (non-hydrogen) atoms. The molecule has 3 rings (SSSR count). The summed E-state index contributed by atoms with van der Waals surface area (Å²) in [6.07, 6.45) is 0. The highest BCUT2D eigenvalue weighted by molar-refractivity contribution is 5.97. The minimum absolute atomic E-state index is 0.0295. The van der Waals surface area contributed by atoms with Crippen LogP contribution in [0.3, 0.4) is 0 Å². The Hall–Kier alpha value is -2.49. The molecule has 2 aromatic rings. The van der Waals surface area contributed by atoms with Crippen LogP contribution in [-0.2, 0) is 11.3 Å². The quantitative estimate of drug-likeness (QED) is 0.851. The molecule has 1 aliphatic rings. The van der Waals surface area contributed by atoms with Gasteiger partial charge in [0, 0.05) is 5.69 Å². The van der Waals surface area contributed by atoms with E-state index in [0.717, 1.165) is 28.3 Å². The summed E-state index contributed by atoms with van der Waals surface area (Å²) in [5.74, 6) is 0.734. The molecule has 0 saturated carbocycles. The number of nitrogens with zero attached hydrogens (tertiary/aromatic N) is 1. The van der Waals surface area contributed by atoms with E-state index in [1.54, 1.807) is 4.90 Å². The molecule has 0 aliphatic carbocycles. The van der Waals surface area contributed by atoms with Gasteiger partial charge in [0.15, 0.2) is 6.61 Å². The van der Waals surface area contributed by atoms with Gasteiger partial charge in [-0.2, -0.15) is 0 Å². The van der Waals surface area contributed by atoms with Gasteiger partial charge in [-0.25, -0.2) is 0 Å². The van der Waals surface area contributed by atoms with Crippen LogP contribution in [0.1, 0.15) is 11.1 Å². The third-order valence-electron chi connectivity index (χ3n) is 3.38. The number of amides is 1. The minimum Gasteiger partial charge on any atom is -0.482 e. The van der Waals surface area contributed by atoms with E-state index < -0.39 is 0 Å². The highest BCUT2D eigenvalue weighted by Gasteiger charge is 2.25. The molecule has 0 fully saturated rings. The molecule has 0 bridgehead atoms. The maximum Gasteiger partial charge on any atom is 0.265 e. The molecule has 2 aromatic carbocycles. The van der Waals surface area contributed by atoms with Gasteiger partial charge in [-0.15, -0.1) is 0 Å². The Morgan fingerprint density at radius 3 is 2.70 bits per heavy atom. The van der Waals surface area contributed by atoms with Crippen molar-refractivity contribution < 1.29 is 9.53 Å². The van der Waals surface area contributed by atoms with E-state index in [4.69, 9.17) is 10.5 Å². The molecule has 1 amide bonds. The molecule has 0 aromatic heterocycles. The molecule has 0 atom stereocenters. The summed E-state index contributed by atoms with van der Waals surface area (Å²) < 4.78 is 5.49. The fraction of sp³-hybridized carbons (Fsp3) is 0.188. The van der Waals surface area contributed by atoms with Crippen molar-refractivity contribution in [2.45, 2.75) is 13.5 Å². The number of fused-ring (bicyclic) bond motifs is 1. The van der Waals surface area contributed by atoms with E-state index in [1.807, 2.05) is 49.4 Å². The van der Waals surface area contributed by atoms with Gasteiger partial charge < -0.3 is 15.4 Å². The highest BCUT2D eigenvalue weighted by atomic mass is 16.5. The topological polar surface area (TPSA) is 55.6 Å². The Morgan fingerprint density at radius 2 is 1.95 bits per heavy atom. The minimum atomic E-state index is -0.0295. The zero-order valence-electron chi connectivity index (χ0n) is 11.3. The van der Waals surface area contributed by atoms with E-state index in [9.17, 15) is 4.79 Å². The van der Waals surface area contributed by atoms with Gasteiger partial charge in [-0.05, 0) is 42.3 Å². The van der Waals surface area contributed by atoms with Gasteiger partial charge in [0.25, 0.3) is 5.91 Å². The van der Waals surface area contributed by atoms with Crippen molar-refractivity contribution in [2.75, 3.05) is 17.2 Å². The van der Waals surface area contributed by atoms with Gasteiger partial charge in [-0.3, -0.25) is 4.79 Å². The molecule has 0 spiro atoms. The second kappa shape index (κ2) is 4.89. The van der Waals surface area contributed by atoms with Crippen LogP contribution in [0, 0.1) is 6.92 Å². The number of rotatable bonds is 2. The van der Waals surface area contributed by atoms with E-state index >= 15 is 0 Å². The van der Waals surface area contributed by atoms with Crippen LogP contribution < -0.4 is 15.4 Å². The van der Waals surface area contributed by atoms with Crippen LogP contribution in [0.4, 0.5) is 11.4 Å². The largest absolute Gasteiger partial charge is 0.482 e. The molecule has 2 N–H and O–H groups in total. The molecule has 0 radical (unpaired) electrons. The Kier molecular flexibility index (Phi) is 3.06. The average molecular weight is 268 g/mol. The summed E-state index contributed by atoms with van der Waals surface area (Å²) in [5, 5.41) is 0. The van der Waals surface area contributed by atoms with E-state index in [2.05, 4.69) is 0 Å². The molecule has 4 nitrogen and oxygen atoms in total. The van der Waals surface area contributed by atoms with Crippen LogP contribution in [0.5, 0.6) is 5.75 Å². The van der Waals surface area contributed by atoms with E-state index in [-0.39, 0.29) is 12.5 Å². The summed E-state index contributed by atoms with van der Waals surface area (Å²) in [7, 11) is 0. The van der Waals surface area contributed by atoms with Gasteiger partial charge in [-0.1, -0.05) is 18.2 Å². The number of ether oxygens (including phenoxy) is 1. The third kappa shape index (κ3) is 2.32. The van der Waals surface area contributed by atoms with Gasteiger partial charge in [0.2, 0.25) is 0 Å². The maximum absolute atomic E-state index is 12.1. The van der Waals surface area contributed by atoms with Crippen LogP contribution in [-0.4, -0.2) is 12.5 Å². The van der Waals surface area contributed by atoms with Crippen molar-refractivity contribution in [3.05, 3.63) is 53.6 Å². The van der Waals surface area contributed by atoms with Crippen molar-refractivity contribution in [3.63, 3.8) is 0 Å². The number of benzene rings is 2. The van der Waals surface area contributed by atoms with E-state index in [1.165, 1.54) is 0 Å². The molecule has 0 unspecified atom stereocenters. The van der Waals surface area contributed by atoms with Crippen LogP contribution >= 0.6 is 0 Å². The number of anilines is 2. The number of carbonyl (C=O) groups is 1. The predicted molar refractivity (Wildman–Crippen MR) is 78.7 cm³/mol. The summed E-state index contributed by atoms with van der Waals surface area (Å²) in [4.78, 5) is 13.8. The zero-order chi connectivity index (χ0) is 14.1. The molecule has 1 aliphatic heterocycles. The number of hydrogen-bond acceptors (Lipinski definition) is 3. The molecular formula is C16H16N2O2. The third-order valence-corrected chi connectivity index (χ3v) is 3.38. The van der Waals surface area contributed by atoms with Crippen molar-refractivity contribution in [3.8, 4) is 5.75 Å². The van der Waals surface area contributed by atoms with Gasteiger partial charge in [0.1, 0.15) is 5.75 Å². The van der Waals surface area contributed by atoms with Crippen LogP contribution in [0.15, 0.2) is 42.5 Å². The number of nitrogens with two attached hydrogens (primary N) is 1. The first-order valence-electron chi connectivity index (χ1n) is 6.52. The first-order chi connectivity index (χ1) is 9.63. The van der Waals surface area contributed by atoms with Crippen molar-refractivity contribution in [1.82, 2.24) is 0 Å². The Labute approximate surface area is 117 Å². The lowest BCUT2D eigenvalue weighted by Gasteiger charge is -2.29. The van der Waals surface area contributed by atoms with Crippen molar-refractivity contribution >= 4 is 17.3 Å². The summed E-state index contributed by atoms with van der Waals surface area (Å²) in [6.45, 7) is 2.62. The summed E-state index contributed by atoms with van der Waals surface area (Å²) in [5.41, 5.74) is 9.38. The molecule has 102 valence electrons. The second-order valence-corrected chi connectivity index (χ2v) is 4.98. The first kappa shape index (κ1) is 12.5. The van der Waals surface area contributed by atoms with E-state index in [0.29, 0.717) is 6.54 Å². The fourth-order valence-electron chi connectivity index (χ4n) is 2.29. The fourth-order valence-corrected chi connectivity index (χ4v) is 2.29. The van der Waals surface area contributed by atoms with Crippen LogP contribution in [0.25, 0.3) is 0 Å². The number of nitrogen functional groups attached to an aromatic ring is 1. The zero-order valence-corrected chi connectivity index (χ0v) is 11.3. The highest BCUT2D eigenvalue weighted by Crippen LogP contribution is 2.33. The monoisotopic (exact) mass is 268 g/mol. The van der Waals surface area contributed by atoms with Crippen LogP contribution in [0.2, 0.25) is 0 Å². The first-order valence-corrected chi connectivity index (χ1v) is 6.52. The SMILES string of the molecule is Cc1ccc2c(c1)OCC(=O)N2Cc1ccc(N)cc1. The smallest absolute Gasteiger partial charge is 0.265 e. The van der Waals surface area contributed by atoms with Gasteiger partial charge >= 0.3 is 0 Å². The van der Waals surface area contributed by atoms with Crippen molar-refractivity contribution in [2.24, 2.45) is 0 Å². The lowest BCUT2D eigenvalue weighted by atomic mass is 10.1. The number of aryl methyl sites for hydroxylation is 1. The normalized spacial score (nSPS) is 13.8. The molecule has 4 heteroatoms. The Balaban J connectivity index is 1.93. The summed E-state index contributed by atoms with van der Waals surface area (Å²) in [6, 6.07) is 13.4. The average Bonchev–Trinajstić information content (AvgIpc) is 2.44. The maximum atomic E-state index is 12.1. The Bertz CT molecular complexity index is 650. The standard InChI is InChI=1S/C16H16N2O2/c1-11-2-7-14-15(8-11)20-10-16(19)18(14)9-12-3-5-13(17)6-4-12/h2-8H,9-10,17H2,1H3. The second-order valence-electron chi connectivity index (χ2n) is 4.98. The number of hydrogen-bond donors (Lipinski definition) is 1. The molecular weight excluding hydrogens is 252 g/mol. The molecule has 0 saturated heterocycles. The number of carbonyl (C=O) groups excluding carboxylic acids is 1. The lowest BCUT2D eigenvalue weighted by Crippen LogP contribution is -2.38. The molecule has 1 heterocycles. The summed E-state index contributed by atoms with van der Waals surface area (Å²) >= 11 is 0. The predicted octanol–water partition coefficient (Wildman–Crippen LogP) is 2.50.